The summed E-state index contributed by atoms with van der Waals surface area (Å²) < 4.78 is 34.5. The predicted octanol–water partition coefficient (Wildman–Crippen LogP) is 4.00. The van der Waals surface area contributed by atoms with Crippen LogP contribution in [0.25, 0.3) is 11.1 Å². The van der Waals surface area contributed by atoms with Crippen LogP contribution >= 0.6 is 0 Å². The van der Waals surface area contributed by atoms with E-state index in [1.165, 1.54) is 0 Å². The monoisotopic (exact) mass is 619 g/mol. The van der Waals surface area contributed by atoms with Gasteiger partial charge in [0.15, 0.2) is 18.6 Å². The first-order valence-electron chi connectivity index (χ1n) is 16.2. The average molecular weight is 620 g/mol. The maximum Gasteiger partial charge on any atom is 0.383 e. The molecule has 0 saturated carbocycles. The highest BCUT2D eigenvalue weighted by Gasteiger charge is 2.36. The first kappa shape index (κ1) is 29.8. The fourth-order valence-corrected chi connectivity index (χ4v) is 7.56. The summed E-state index contributed by atoms with van der Waals surface area (Å²) in [6, 6.07) is 3.64. The molecule has 10 nitrogen and oxygen atoms in total. The highest BCUT2D eigenvalue weighted by atomic mass is 19.3. The van der Waals surface area contributed by atoms with Gasteiger partial charge in [-0.3, -0.25) is 14.2 Å². The van der Waals surface area contributed by atoms with Crippen LogP contribution in [0.4, 0.5) is 20.3 Å². The Hall–Kier alpha value is -3.93. The number of nitrogens with one attached hydrogen (secondary N) is 1. The number of fused-ring (bicyclic) bond motifs is 2. The molecule has 2 amide bonds. The number of alkyl halides is 2. The van der Waals surface area contributed by atoms with E-state index in [1.807, 2.05) is 17.2 Å². The van der Waals surface area contributed by atoms with E-state index in [9.17, 15) is 18.4 Å². The van der Waals surface area contributed by atoms with Crippen LogP contribution in [0.1, 0.15) is 73.9 Å². The number of aromatic nitrogens is 4. The summed E-state index contributed by atoms with van der Waals surface area (Å²) in [5.74, 6) is 1.05. The van der Waals surface area contributed by atoms with E-state index in [0.717, 1.165) is 74.1 Å². The number of amides is 2. The largest absolute Gasteiger partial charge is 0.383 e. The van der Waals surface area contributed by atoms with E-state index in [0.29, 0.717) is 49.5 Å². The number of anilines is 2. The maximum absolute atomic E-state index is 14.5. The van der Waals surface area contributed by atoms with Crippen molar-refractivity contribution in [3.05, 3.63) is 46.9 Å². The molecule has 12 heteroatoms. The number of nitrogens with zero attached hydrogens (tertiary/aromatic N) is 7. The van der Waals surface area contributed by atoms with Crippen LogP contribution < -0.4 is 10.2 Å². The van der Waals surface area contributed by atoms with Gasteiger partial charge in [0.05, 0.1) is 24.9 Å². The Morgan fingerprint density at radius 1 is 1.07 bits per heavy atom. The van der Waals surface area contributed by atoms with Crippen molar-refractivity contribution in [3.63, 3.8) is 0 Å². The Kier molecular flexibility index (Phi) is 8.01. The lowest BCUT2D eigenvalue weighted by atomic mass is 9.93. The topological polar surface area (TPSA) is 91.3 Å². The minimum atomic E-state index is -2.65. The summed E-state index contributed by atoms with van der Waals surface area (Å²) in [5.41, 5.74) is 4.84. The molecule has 0 bridgehead atoms. The van der Waals surface area contributed by atoms with Gasteiger partial charge in [0.25, 0.3) is 6.43 Å². The quantitative estimate of drug-likeness (QED) is 0.435. The third kappa shape index (κ3) is 5.57. The molecule has 45 heavy (non-hydrogen) atoms. The molecule has 0 spiro atoms. The number of hydrogen-bond donors (Lipinski definition) is 1. The van der Waals surface area contributed by atoms with Gasteiger partial charge in [0, 0.05) is 62.0 Å². The first-order valence-corrected chi connectivity index (χ1v) is 16.2. The number of likely N-dealkylation sites (tertiary alicyclic amines) is 1. The summed E-state index contributed by atoms with van der Waals surface area (Å²) in [7, 11) is 1.78. The number of carbonyl (C=O) groups is 2. The Morgan fingerprint density at radius 2 is 1.84 bits per heavy atom. The van der Waals surface area contributed by atoms with Crippen molar-refractivity contribution in [2.75, 3.05) is 44.2 Å². The highest BCUT2D eigenvalue weighted by molar-refractivity contribution is 5.91. The Labute approximate surface area is 261 Å². The summed E-state index contributed by atoms with van der Waals surface area (Å²) in [4.78, 5) is 29.8. The van der Waals surface area contributed by atoms with Crippen LogP contribution in [0.15, 0.2) is 24.5 Å². The molecular weight excluding hydrogens is 578 g/mol. The van der Waals surface area contributed by atoms with Gasteiger partial charge in [-0.25, -0.2) is 13.6 Å². The van der Waals surface area contributed by atoms with Crippen LogP contribution in [0.3, 0.4) is 0 Å². The molecule has 1 N–H and O–H groups in total. The summed E-state index contributed by atoms with van der Waals surface area (Å²) in [6.07, 6.45) is 8.32. The maximum atomic E-state index is 14.5. The average Bonchev–Trinajstić information content (AvgIpc) is 3.67. The van der Waals surface area contributed by atoms with Gasteiger partial charge >= 0.3 is 5.91 Å². The number of hydrogen-bond acceptors (Lipinski definition) is 6. The molecule has 0 unspecified atom stereocenters. The smallest absolute Gasteiger partial charge is 0.342 e. The van der Waals surface area contributed by atoms with E-state index in [4.69, 9.17) is 5.10 Å². The van der Waals surface area contributed by atoms with Crippen LogP contribution in [0, 0.1) is 5.92 Å². The number of carbonyl (C=O) groups excluding carboxylic acids is 2. The van der Waals surface area contributed by atoms with Gasteiger partial charge in [0.2, 0.25) is 5.91 Å². The lowest BCUT2D eigenvalue weighted by Gasteiger charge is -2.36. The zero-order valence-electron chi connectivity index (χ0n) is 26.0. The van der Waals surface area contributed by atoms with Crippen molar-refractivity contribution in [1.29, 1.82) is 0 Å². The Morgan fingerprint density at radius 3 is 2.53 bits per heavy atom. The molecule has 238 valence electrons. The fraction of sp³-hybridized carbons (Fsp3) is 0.545. The SMILES string of the molecule is CC(=O)[N+]1=Cc2c(N3CCCc4cc(-c5cnn(C)c5)c(C(F)F)cc43)nn(C3CCN(C(=O)C4CCNCC4)CC3)c2CC1. The first-order chi connectivity index (χ1) is 21.8. The molecule has 0 radical (unpaired) electrons. The number of aryl methyl sites for hydroxylation is 2. The van der Waals surface area contributed by atoms with Crippen molar-refractivity contribution < 1.29 is 22.9 Å². The lowest BCUT2D eigenvalue weighted by molar-refractivity contribution is -0.443. The molecule has 1 aromatic carbocycles. The summed E-state index contributed by atoms with van der Waals surface area (Å²) >= 11 is 0. The van der Waals surface area contributed by atoms with Gasteiger partial charge in [-0.05, 0) is 74.9 Å². The molecule has 7 rings (SSSR count). The number of benzene rings is 1. The molecule has 4 aliphatic rings. The van der Waals surface area contributed by atoms with Crippen molar-refractivity contribution >= 4 is 29.5 Å². The minimum Gasteiger partial charge on any atom is -0.342 e. The second-order valence-electron chi connectivity index (χ2n) is 12.8. The molecule has 2 fully saturated rings. The van der Waals surface area contributed by atoms with Crippen LogP contribution in [0.2, 0.25) is 0 Å². The van der Waals surface area contributed by atoms with Crippen LogP contribution in [0.5, 0.6) is 0 Å². The standard InChI is InChI=1S/C33H41F2N8O2/c1-21(44)41-15-9-29-28(20-41)32(38-43(29)25-7-13-40(14-8-25)33(45)22-5-10-36-11-6-22)42-12-3-4-23-16-26(24-18-37-39(2)19-24)27(31(34)35)17-30(23)42/h16-20,22,25,31,36H,3-15H2,1-2H3/q+1. The zero-order chi connectivity index (χ0) is 31.2. The third-order valence-corrected chi connectivity index (χ3v) is 10.00. The molecule has 4 aliphatic heterocycles. The van der Waals surface area contributed by atoms with Gasteiger partial charge in [-0.1, -0.05) is 0 Å². The third-order valence-electron chi connectivity index (χ3n) is 10.00. The minimum absolute atomic E-state index is 0.0259. The summed E-state index contributed by atoms with van der Waals surface area (Å²) in [6.45, 7) is 5.96. The number of rotatable bonds is 5. The van der Waals surface area contributed by atoms with Gasteiger partial charge in [-0.15, -0.1) is 0 Å². The summed E-state index contributed by atoms with van der Waals surface area (Å²) in [5, 5.41) is 12.8. The normalized spacial score (nSPS) is 19.4. The molecule has 2 saturated heterocycles. The van der Waals surface area contributed by atoms with Crippen molar-refractivity contribution in [3.8, 4) is 11.1 Å². The molecule has 6 heterocycles. The van der Waals surface area contributed by atoms with E-state index < -0.39 is 6.43 Å². The van der Waals surface area contributed by atoms with Gasteiger partial charge < -0.3 is 15.1 Å². The predicted molar refractivity (Wildman–Crippen MR) is 166 cm³/mol. The van der Waals surface area contributed by atoms with E-state index >= 15 is 0 Å². The molecule has 2 aromatic heterocycles. The lowest BCUT2D eigenvalue weighted by Crippen LogP contribution is -2.45. The Balaban J connectivity index is 1.24. The van der Waals surface area contributed by atoms with Crippen molar-refractivity contribution in [2.45, 2.75) is 64.3 Å². The Bertz CT molecular complexity index is 1650. The van der Waals surface area contributed by atoms with Gasteiger partial charge in [-0.2, -0.15) is 14.8 Å². The van der Waals surface area contributed by atoms with Crippen molar-refractivity contribution in [1.82, 2.24) is 29.8 Å². The second-order valence-corrected chi connectivity index (χ2v) is 12.8. The van der Waals surface area contributed by atoms with Crippen molar-refractivity contribution in [2.24, 2.45) is 13.0 Å². The molecule has 0 aliphatic carbocycles. The van der Waals surface area contributed by atoms with Gasteiger partial charge in [0.1, 0.15) is 5.56 Å². The highest BCUT2D eigenvalue weighted by Crippen LogP contribution is 2.43. The van der Waals surface area contributed by atoms with Crippen LogP contribution in [-0.4, -0.2) is 86.3 Å². The van der Waals surface area contributed by atoms with E-state index in [-0.39, 0.29) is 29.3 Å². The zero-order valence-corrected chi connectivity index (χ0v) is 26.0. The molecular formula is C33H41F2N8O2+. The number of piperidine rings is 2. The van der Waals surface area contributed by atoms with E-state index in [1.54, 1.807) is 41.7 Å². The number of halogens is 2. The molecule has 3 aromatic rings. The fourth-order valence-electron chi connectivity index (χ4n) is 7.56. The second kappa shape index (κ2) is 12.1. The van der Waals surface area contributed by atoms with E-state index in [2.05, 4.69) is 20.0 Å². The van der Waals surface area contributed by atoms with Crippen LogP contribution in [-0.2, 0) is 29.5 Å². The molecule has 0 atom stereocenters.